The van der Waals surface area contributed by atoms with Crippen molar-refractivity contribution in [1.82, 2.24) is 15.0 Å². The fraction of sp³-hybridized carbons (Fsp3) is 0.0714. The normalized spacial score (nSPS) is 10.8. The minimum absolute atomic E-state index is 0.0351. The number of nitrogen functional groups attached to an aromatic ring is 1. The van der Waals surface area contributed by atoms with Crippen molar-refractivity contribution in [2.24, 2.45) is 5.73 Å². The largest absolute Gasteiger partial charge is 0.384 e. The van der Waals surface area contributed by atoms with E-state index >= 15 is 0 Å². The van der Waals surface area contributed by atoms with Gasteiger partial charge in [0.2, 0.25) is 0 Å². The third-order valence-electron chi connectivity index (χ3n) is 3.07. The van der Waals surface area contributed by atoms with E-state index in [0.717, 1.165) is 5.56 Å². The van der Waals surface area contributed by atoms with Gasteiger partial charge in [0.15, 0.2) is 5.52 Å². The van der Waals surface area contributed by atoms with Crippen LogP contribution < -0.4 is 11.3 Å². The molecule has 0 amide bonds. The SMILES string of the molecule is N=C(N)c1cccc(Cc2nc3c(=O)[nH]ccc3[nH]2)c1. The van der Waals surface area contributed by atoms with E-state index in [0.29, 0.717) is 28.8 Å². The van der Waals surface area contributed by atoms with Gasteiger partial charge in [-0.1, -0.05) is 18.2 Å². The van der Waals surface area contributed by atoms with E-state index in [4.69, 9.17) is 11.1 Å². The number of nitrogens with zero attached hydrogens (tertiary/aromatic N) is 1. The van der Waals surface area contributed by atoms with Crippen LogP contribution >= 0.6 is 0 Å². The van der Waals surface area contributed by atoms with Crippen LogP contribution in [0.3, 0.4) is 0 Å². The molecule has 0 aliphatic rings. The predicted molar refractivity (Wildman–Crippen MR) is 77.0 cm³/mol. The zero-order valence-corrected chi connectivity index (χ0v) is 10.6. The smallest absolute Gasteiger partial charge is 0.276 e. The molecule has 100 valence electrons. The number of pyridine rings is 1. The lowest BCUT2D eigenvalue weighted by Gasteiger charge is -2.02. The fourth-order valence-corrected chi connectivity index (χ4v) is 2.13. The maximum atomic E-state index is 11.6. The Labute approximate surface area is 114 Å². The summed E-state index contributed by atoms with van der Waals surface area (Å²) >= 11 is 0. The molecule has 6 nitrogen and oxygen atoms in total. The first-order chi connectivity index (χ1) is 9.63. The Morgan fingerprint density at radius 3 is 2.95 bits per heavy atom. The molecule has 1 aromatic carbocycles. The quantitative estimate of drug-likeness (QED) is 0.421. The summed E-state index contributed by atoms with van der Waals surface area (Å²) < 4.78 is 0. The number of imidazole rings is 1. The number of hydrogen-bond donors (Lipinski definition) is 4. The summed E-state index contributed by atoms with van der Waals surface area (Å²) in [6.45, 7) is 0. The third kappa shape index (κ3) is 2.18. The summed E-state index contributed by atoms with van der Waals surface area (Å²) in [7, 11) is 0. The highest BCUT2D eigenvalue weighted by Gasteiger charge is 2.07. The van der Waals surface area contributed by atoms with Crippen LogP contribution in [0.4, 0.5) is 0 Å². The number of aromatic amines is 2. The Balaban J connectivity index is 1.97. The Hall–Kier alpha value is -2.89. The van der Waals surface area contributed by atoms with Crippen LogP contribution in [-0.4, -0.2) is 20.8 Å². The van der Waals surface area contributed by atoms with E-state index in [-0.39, 0.29) is 11.4 Å². The molecule has 0 spiro atoms. The van der Waals surface area contributed by atoms with Crippen molar-refractivity contribution < 1.29 is 0 Å². The van der Waals surface area contributed by atoms with Gasteiger partial charge in [0.05, 0.1) is 5.52 Å². The van der Waals surface area contributed by atoms with E-state index in [1.54, 1.807) is 18.3 Å². The molecule has 0 fully saturated rings. The van der Waals surface area contributed by atoms with E-state index < -0.39 is 0 Å². The Kier molecular flexibility index (Phi) is 2.83. The second-order valence-corrected chi connectivity index (χ2v) is 4.54. The number of hydrogen-bond acceptors (Lipinski definition) is 3. The first kappa shape index (κ1) is 12.2. The standard InChI is InChI=1S/C14H13N5O/c15-13(16)9-3-1-2-8(6-9)7-11-18-10-4-5-17-14(20)12(10)19-11/h1-6H,7H2,(H3,15,16)(H,17,20)(H,18,19). The van der Waals surface area contributed by atoms with Gasteiger partial charge in [-0.15, -0.1) is 0 Å². The number of nitrogens with one attached hydrogen (secondary N) is 3. The molecular formula is C14H13N5O. The van der Waals surface area contributed by atoms with Gasteiger partial charge < -0.3 is 15.7 Å². The lowest BCUT2D eigenvalue weighted by molar-refractivity contribution is 1.04. The molecule has 2 aromatic heterocycles. The molecule has 0 aliphatic carbocycles. The lowest BCUT2D eigenvalue weighted by Crippen LogP contribution is -2.11. The van der Waals surface area contributed by atoms with Crippen LogP contribution in [-0.2, 0) is 6.42 Å². The topological polar surface area (TPSA) is 111 Å². The average molecular weight is 267 g/mol. The molecule has 3 rings (SSSR count). The molecule has 0 atom stereocenters. The number of nitrogens with two attached hydrogens (primary N) is 1. The maximum absolute atomic E-state index is 11.6. The van der Waals surface area contributed by atoms with E-state index in [1.807, 2.05) is 18.2 Å². The Morgan fingerprint density at radius 2 is 2.20 bits per heavy atom. The molecule has 5 N–H and O–H groups in total. The first-order valence-electron chi connectivity index (χ1n) is 6.13. The molecule has 6 heteroatoms. The summed E-state index contributed by atoms with van der Waals surface area (Å²) in [5, 5.41) is 7.44. The highest BCUT2D eigenvalue weighted by molar-refractivity contribution is 5.95. The summed E-state index contributed by atoms with van der Waals surface area (Å²) in [6.07, 6.45) is 2.14. The van der Waals surface area contributed by atoms with Crippen LogP contribution in [0.5, 0.6) is 0 Å². The zero-order valence-electron chi connectivity index (χ0n) is 10.6. The second kappa shape index (κ2) is 4.65. The molecule has 3 aromatic rings. The minimum Gasteiger partial charge on any atom is -0.384 e. The molecule has 0 saturated heterocycles. The highest BCUT2D eigenvalue weighted by atomic mass is 16.1. The molecule has 20 heavy (non-hydrogen) atoms. The summed E-state index contributed by atoms with van der Waals surface area (Å²) in [5.74, 6) is 0.741. The number of amidine groups is 1. The van der Waals surface area contributed by atoms with Gasteiger partial charge in [-0.2, -0.15) is 0 Å². The van der Waals surface area contributed by atoms with E-state index in [1.165, 1.54) is 0 Å². The van der Waals surface area contributed by atoms with Crippen LogP contribution in [0, 0.1) is 5.41 Å². The Bertz CT molecular complexity index is 846. The minimum atomic E-state index is -0.206. The second-order valence-electron chi connectivity index (χ2n) is 4.54. The molecule has 0 saturated carbocycles. The summed E-state index contributed by atoms with van der Waals surface area (Å²) in [5.41, 5.74) is 8.04. The van der Waals surface area contributed by atoms with Crippen molar-refractivity contribution in [1.29, 1.82) is 5.41 Å². The van der Waals surface area contributed by atoms with Gasteiger partial charge in [-0.25, -0.2) is 4.98 Å². The zero-order chi connectivity index (χ0) is 14.1. The van der Waals surface area contributed by atoms with Gasteiger partial charge in [-0.05, 0) is 17.7 Å². The van der Waals surface area contributed by atoms with Crippen molar-refractivity contribution in [2.45, 2.75) is 6.42 Å². The lowest BCUT2D eigenvalue weighted by atomic mass is 10.1. The van der Waals surface area contributed by atoms with Crippen molar-refractivity contribution in [3.8, 4) is 0 Å². The summed E-state index contributed by atoms with van der Waals surface area (Å²) in [6, 6.07) is 9.19. The van der Waals surface area contributed by atoms with Crippen LogP contribution in [0.15, 0.2) is 41.3 Å². The van der Waals surface area contributed by atoms with Crippen LogP contribution in [0.25, 0.3) is 11.0 Å². The third-order valence-corrected chi connectivity index (χ3v) is 3.07. The monoisotopic (exact) mass is 267 g/mol. The van der Waals surface area contributed by atoms with Crippen molar-refractivity contribution in [2.75, 3.05) is 0 Å². The van der Waals surface area contributed by atoms with E-state index in [9.17, 15) is 4.79 Å². The molecule has 0 aliphatic heterocycles. The number of aromatic nitrogens is 3. The highest BCUT2D eigenvalue weighted by Crippen LogP contribution is 2.12. The van der Waals surface area contributed by atoms with Gasteiger partial charge in [-0.3, -0.25) is 10.2 Å². The number of rotatable bonds is 3. The summed E-state index contributed by atoms with van der Waals surface area (Å²) in [4.78, 5) is 21.6. The molecule has 0 bridgehead atoms. The van der Waals surface area contributed by atoms with Crippen molar-refractivity contribution in [3.63, 3.8) is 0 Å². The number of benzene rings is 1. The van der Waals surface area contributed by atoms with Gasteiger partial charge in [0.1, 0.15) is 11.7 Å². The van der Waals surface area contributed by atoms with Gasteiger partial charge >= 0.3 is 0 Å². The fourth-order valence-electron chi connectivity index (χ4n) is 2.13. The molecule has 2 heterocycles. The van der Waals surface area contributed by atoms with Crippen molar-refractivity contribution >= 4 is 16.9 Å². The number of fused-ring (bicyclic) bond motifs is 1. The van der Waals surface area contributed by atoms with E-state index in [2.05, 4.69) is 15.0 Å². The molecule has 0 radical (unpaired) electrons. The first-order valence-corrected chi connectivity index (χ1v) is 6.13. The average Bonchev–Trinajstić information content (AvgIpc) is 2.83. The van der Waals surface area contributed by atoms with Crippen molar-refractivity contribution in [3.05, 3.63) is 63.8 Å². The number of H-pyrrole nitrogens is 2. The van der Waals surface area contributed by atoms with Crippen LogP contribution in [0.1, 0.15) is 17.0 Å². The van der Waals surface area contributed by atoms with Gasteiger partial charge in [0, 0.05) is 18.2 Å². The maximum Gasteiger partial charge on any atom is 0.276 e. The predicted octanol–water partition coefficient (Wildman–Crippen LogP) is 1.13. The Morgan fingerprint density at radius 1 is 1.35 bits per heavy atom. The van der Waals surface area contributed by atoms with Crippen LogP contribution in [0.2, 0.25) is 0 Å². The molecular weight excluding hydrogens is 254 g/mol. The molecule has 0 unspecified atom stereocenters. The van der Waals surface area contributed by atoms with Gasteiger partial charge in [0.25, 0.3) is 5.56 Å².